The summed E-state index contributed by atoms with van der Waals surface area (Å²) in [7, 11) is 0. The van der Waals surface area contributed by atoms with Gasteiger partial charge in [-0.25, -0.2) is 0 Å². The Bertz CT molecular complexity index is 575. The lowest BCUT2D eigenvalue weighted by molar-refractivity contribution is 0.102. The molecule has 0 aliphatic heterocycles. The molecular formula is C15H13BrClNO. The molecule has 0 aromatic heterocycles. The molecule has 2 nitrogen and oxygen atoms in total. The lowest BCUT2D eigenvalue weighted by Crippen LogP contribution is -2.12. The van der Waals surface area contributed by atoms with E-state index in [0.717, 1.165) is 22.1 Å². The summed E-state index contributed by atoms with van der Waals surface area (Å²) in [6.07, 6.45) is 0. The molecule has 1 amide bonds. The van der Waals surface area contributed by atoms with Crippen molar-refractivity contribution in [2.24, 2.45) is 0 Å². The average molecular weight is 339 g/mol. The highest BCUT2D eigenvalue weighted by Crippen LogP contribution is 2.17. The van der Waals surface area contributed by atoms with Crippen molar-refractivity contribution in [3.8, 4) is 0 Å². The fourth-order valence-corrected chi connectivity index (χ4v) is 2.41. The van der Waals surface area contributed by atoms with E-state index >= 15 is 0 Å². The van der Waals surface area contributed by atoms with Gasteiger partial charge in [-0.3, -0.25) is 4.79 Å². The van der Waals surface area contributed by atoms with Gasteiger partial charge in [0.1, 0.15) is 0 Å². The number of amides is 1. The first-order valence-electron chi connectivity index (χ1n) is 5.82. The number of halogens is 2. The number of hydrogen-bond acceptors (Lipinski definition) is 1. The van der Waals surface area contributed by atoms with Gasteiger partial charge in [0.25, 0.3) is 5.91 Å². The zero-order valence-corrected chi connectivity index (χ0v) is 12.8. The summed E-state index contributed by atoms with van der Waals surface area (Å²) in [5, 5.41) is 4.22. The van der Waals surface area contributed by atoms with Gasteiger partial charge in [0.2, 0.25) is 0 Å². The van der Waals surface area contributed by atoms with Crippen molar-refractivity contribution in [1.29, 1.82) is 0 Å². The summed E-state index contributed by atoms with van der Waals surface area (Å²) in [4.78, 5) is 12.1. The maximum atomic E-state index is 12.1. The Balaban J connectivity index is 2.15. The smallest absolute Gasteiger partial charge is 0.255 e. The zero-order valence-electron chi connectivity index (χ0n) is 10.4. The number of carbonyl (C=O) groups is 1. The molecule has 0 spiro atoms. The van der Waals surface area contributed by atoms with Gasteiger partial charge in [-0.2, -0.15) is 0 Å². The second-order valence-corrected chi connectivity index (χ2v) is 5.30. The number of nitrogens with one attached hydrogen (secondary N) is 1. The van der Waals surface area contributed by atoms with Gasteiger partial charge in [0.05, 0.1) is 0 Å². The summed E-state index contributed by atoms with van der Waals surface area (Å²) in [5.74, 6) is -0.155. The monoisotopic (exact) mass is 337 g/mol. The third kappa shape index (κ3) is 3.82. The van der Waals surface area contributed by atoms with Crippen LogP contribution in [-0.2, 0) is 5.33 Å². The van der Waals surface area contributed by atoms with Crippen LogP contribution in [0.3, 0.4) is 0 Å². The first-order chi connectivity index (χ1) is 9.08. The molecule has 0 aliphatic carbocycles. The molecular weight excluding hydrogens is 326 g/mol. The minimum atomic E-state index is -0.155. The van der Waals surface area contributed by atoms with Crippen LogP contribution >= 0.6 is 27.5 Å². The van der Waals surface area contributed by atoms with Crippen molar-refractivity contribution in [3.63, 3.8) is 0 Å². The lowest BCUT2D eigenvalue weighted by atomic mass is 10.1. The third-order valence-electron chi connectivity index (χ3n) is 2.67. The van der Waals surface area contributed by atoms with E-state index < -0.39 is 0 Å². The van der Waals surface area contributed by atoms with E-state index in [-0.39, 0.29) is 5.91 Å². The van der Waals surface area contributed by atoms with Crippen LogP contribution in [-0.4, -0.2) is 5.91 Å². The quantitative estimate of drug-likeness (QED) is 0.801. The number of aryl methyl sites for hydroxylation is 1. The number of rotatable bonds is 3. The largest absolute Gasteiger partial charge is 0.322 e. The van der Waals surface area contributed by atoms with Crippen molar-refractivity contribution in [1.82, 2.24) is 0 Å². The molecule has 19 heavy (non-hydrogen) atoms. The number of anilines is 1. The molecule has 0 aliphatic rings. The van der Waals surface area contributed by atoms with Gasteiger partial charge in [-0.05, 0) is 48.4 Å². The fourth-order valence-electron chi connectivity index (χ4n) is 1.75. The minimum absolute atomic E-state index is 0.155. The molecule has 0 atom stereocenters. The van der Waals surface area contributed by atoms with E-state index in [4.69, 9.17) is 11.6 Å². The van der Waals surface area contributed by atoms with Crippen molar-refractivity contribution in [2.75, 3.05) is 5.32 Å². The maximum absolute atomic E-state index is 12.1. The van der Waals surface area contributed by atoms with Crippen LogP contribution in [0.15, 0.2) is 42.5 Å². The SMILES string of the molecule is Cc1cc(Cl)cc(C(=O)Nc2ccc(CBr)cc2)c1. The van der Waals surface area contributed by atoms with Gasteiger partial charge < -0.3 is 5.32 Å². The van der Waals surface area contributed by atoms with Crippen LogP contribution in [0.25, 0.3) is 0 Å². The Labute approximate surface area is 125 Å². The Morgan fingerprint density at radius 3 is 2.47 bits per heavy atom. The van der Waals surface area contributed by atoms with E-state index in [1.165, 1.54) is 0 Å². The Morgan fingerprint density at radius 2 is 1.89 bits per heavy atom. The topological polar surface area (TPSA) is 29.1 Å². The molecule has 0 radical (unpaired) electrons. The van der Waals surface area contributed by atoms with Gasteiger partial charge in [0.15, 0.2) is 0 Å². The van der Waals surface area contributed by atoms with Crippen LogP contribution in [0, 0.1) is 6.92 Å². The van der Waals surface area contributed by atoms with E-state index in [9.17, 15) is 4.79 Å². The number of hydrogen-bond donors (Lipinski definition) is 1. The van der Waals surface area contributed by atoms with Crippen molar-refractivity contribution >= 4 is 39.1 Å². The fraction of sp³-hybridized carbons (Fsp3) is 0.133. The van der Waals surface area contributed by atoms with Gasteiger partial charge >= 0.3 is 0 Å². The summed E-state index contributed by atoms with van der Waals surface area (Å²) >= 11 is 9.34. The summed E-state index contributed by atoms with van der Waals surface area (Å²) in [5.41, 5.74) is 3.46. The van der Waals surface area contributed by atoms with Crippen LogP contribution < -0.4 is 5.32 Å². The number of alkyl halides is 1. The second kappa shape index (κ2) is 6.22. The van der Waals surface area contributed by atoms with Crippen molar-refractivity contribution in [3.05, 3.63) is 64.2 Å². The van der Waals surface area contributed by atoms with E-state index in [0.29, 0.717) is 10.6 Å². The maximum Gasteiger partial charge on any atom is 0.255 e. The third-order valence-corrected chi connectivity index (χ3v) is 3.54. The molecule has 0 heterocycles. The predicted molar refractivity (Wildman–Crippen MR) is 83.2 cm³/mol. The van der Waals surface area contributed by atoms with E-state index in [1.807, 2.05) is 43.3 Å². The van der Waals surface area contributed by atoms with Crippen molar-refractivity contribution < 1.29 is 4.79 Å². The first kappa shape index (κ1) is 14.1. The highest BCUT2D eigenvalue weighted by atomic mass is 79.9. The van der Waals surface area contributed by atoms with Crippen LogP contribution in [0.1, 0.15) is 21.5 Å². The second-order valence-electron chi connectivity index (χ2n) is 4.30. The molecule has 2 aromatic rings. The van der Waals surface area contributed by atoms with E-state index in [1.54, 1.807) is 6.07 Å². The molecule has 1 N–H and O–H groups in total. The van der Waals surface area contributed by atoms with Crippen LogP contribution in [0.5, 0.6) is 0 Å². The lowest BCUT2D eigenvalue weighted by Gasteiger charge is -2.07. The van der Waals surface area contributed by atoms with Crippen LogP contribution in [0.4, 0.5) is 5.69 Å². The molecule has 0 saturated heterocycles. The predicted octanol–water partition coefficient (Wildman–Crippen LogP) is 4.80. The van der Waals surface area contributed by atoms with E-state index in [2.05, 4.69) is 21.2 Å². The normalized spacial score (nSPS) is 10.3. The van der Waals surface area contributed by atoms with Crippen molar-refractivity contribution in [2.45, 2.75) is 12.3 Å². The van der Waals surface area contributed by atoms with Crippen LogP contribution in [0.2, 0.25) is 5.02 Å². The first-order valence-corrected chi connectivity index (χ1v) is 7.32. The molecule has 0 saturated carbocycles. The standard InChI is InChI=1S/C15H13BrClNO/c1-10-6-12(8-13(17)7-10)15(19)18-14-4-2-11(9-16)3-5-14/h2-8H,9H2,1H3,(H,18,19). The average Bonchev–Trinajstić information content (AvgIpc) is 2.38. The number of carbonyl (C=O) groups excluding carboxylic acids is 1. The molecule has 98 valence electrons. The molecule has 2 aromatic carbocycles. The molecule has 0 unspecified atom stereocenters. The Hall–Kier alpha value is -1.32. The summed E-state index contributed by atoms with van der Waals surface area (Å²) in [6.45, 7) is 1.91. The molecule has 4 heteroatoms. The summed E-state index contributed by atoms with van der Waals surface area (Å²) in [6, 6.07) is 13.0. The zero-order chi connectivity index (χ0) is 13.8. The molecule has 2 rings (SSSR count). The highest BCUT2D eigenvalue weighted by Gasteiger charge is 2.07. The summed E-state index contributed by atoms with van der Waals surface area (Å²) < 4.78 is 0. The Kier molecular flexibility index (Phi) is 4.61. The molecule has 0 bridgehead atoms. The highest BCUT2D eigenvalue weighted by molar-refractivity contribution is 9.08. The minimum Gasteiger partial charge on any atom is -0.322 e. The van der Waals surface area contributed by atoms with Gasteiger partial charge in [0, 0.05) is 21.6 Å². The Morgan fingerprint density at radius 1 is 1.21 bits per heavy atom. The van der Waals surface area contributed by atoms with Gasteiger partial charge in [-0.1, -0.05) is 39.7 Å². The van der Waals surface area contributed by atoms with Gasteiger partial charge in [-0.15, -0.1) is 0 Å². The number of benzene rings is 2. The molecule has 0 fully saturated rings.